The normalized spacial score (nSPS) is 15.3. The number of amides is 1. The molecule has 4 heteroatoms. The zero-order chi connectivity index (χ0) is 17.1. The molecule has 0 spiro atoms. The zero-order valence-electron chi connectivity index (χ0n) is 13.7. The van der Waals surface area contributed by atoms with Crippen LogP contribution in [0.15, 0.2) is 48.5 Å². The summed E-state index contributed by atoms with van der Waals surface area (Å²) >= 11 is 0. The van der Waals surface area contributed by atoms with Crippen LogP contribution in [0.4, 0.5) is 0 Å². The molecule has 0 radical (unpaired) electrons. The van der Waals surface area contributed by atoms with E-state index in [1.807, 2.05) is 30.0 Å². The second-order valence-electron chi connectivity index (χ2n) is 6.37. The number of carbonyl (C=O) groups excluding carboxylic acids is 1. The molecule has 0 saturated carbocycles. The summed E-state index contributed by atoms with van der Waals surface area (Å²) in [6.07, 6.45) is 1.88. The van der Waals surface area contributed by atoms with E-state index in [2.05, 4.69) is 12.1 Å². The van der Waals surface area contributed by atoms with Crippen LogP contribution < -0.4 is 0 Å². The Morgan fingerprint density at radius 3 is 2.25 bits per heavy atom. The van der Waals surface area contributed by atoms with Gasteiger partial charge in [0, 0.05) is 18.7 Å². The third kappa shape index (κ3) is 3.48. The summed E-state index contributed by atoms with van der Waals surface area (Å²) in [6.45, 7) is 3.22. The molecule has 0 atom stereocenters. The monoisotopic (exact) mass is 323 g/mol. The van der Waals surface area contributed by atoms with Crippen LogP contribution >= 0.6 is 0 Å². The summed E-state index contributed by atoms with van der Waals surface area (Å²) < 4.78 is 0. The number of hydrogen-bond acceptors (Lipinski definition) is 2. The number of carboxylic acids is 1. The van der Waals surface area contributed by atoms with Gasteiger partial charge in [0.25, 0.3) is 5.91 Å². The molecule has 124 valence electrons. The molecule has 1 aliphatic heterocycles. The number of aryl methyl sites for hydroxylation is 1. The second kappa shape index (κ2) is 6.87. The van der Waals surface area contributed by atoms with Crippen molar-refractivity contribution >= 4 is 11.9 Å². The fraction of sp³-hybridized carbons (Fsp3) is 0.300. The van der Waals surface area contributed by atoms with Crippen LogP contribution in [0.3, 0.4) is 0 Å². The number of likely N-dealkylation sites (tertiary alicyclic amines) is 1. The molecule has 0 aliphatic carbocycles. The summed E-state index contributed by atoms with van der Waals surface area (Å²) in [5, 5.41) is 9.16. The summed E-state index contributed by atoms with van der Waals surface area (Å²) in [6, 6.07) is 15.2. The number of rotatable bonds is 3. The maximum atomic E-state index is 12.7. The van der Waals surface area contributed by atoms with E-state index in [0.717, 1.165) is 18.4 Å². The molecule has 24 heavy (non-hydrogen) atoms. The highest BCUT2D eigenvalue weighted by atomic mass is 16.4. The number of benzene rings is 2. The van der Waals surface area contributed by atoms with Gasteiger partial charge in [0.15, 0.2) is 0 Å². The third-order valence-electron chi connectivity index (χ3n) is 4.62. The minimum absolute atomic E-state index is 0.0762. The molecule has 1 N–H and O–H groups in total. The molecule has 1 aliphatic rings. The van der Waals surface area contributed by atoms with Crippen molar-refractivity contribution in [3.05, 3.63) is 70.8 Å². The largest absolute Gasteiger partial charge is 0.478 e. The van der Waals surface area contributed by atoms with Gasteiger partial charge in [-0.05, 0) is 55.0 Å². The summed E-state index contributed by atoms with van der Waals surface area (Å²) in [4.78, 5) is 25.7. The lowest BCUT2D eigenvalue weighted by Gasteiger charge is -2.32. The van der Waals surface area contributed by atoms with Crippen LogP contribution in [0, 0.1) is 6.92 Å². The maximum absolute atomic E-state index is 12.7. The van der Waals surface area contributed by atoms with E-state index < -0.39 is 5.97 Å². The molecule has 0 bridgehead atoms. The minimum Gasteiger partial charge on any atom is -0.478 e. The molecule has 1 saturated heterocycles. The van der Waals surface area contributed by atoms with E-state index in [0.29, 0.717) is 24.6 Å². The first-order valence-corrected chi connectivity index (χ1v) is 8.24. The molecule has 1 heterocycles. The van der Waals surface area contributed by atoms with Gasteiger partial charge in [-0.2, -0.15) is 0 Å². The fourth-order valence-electron chi connectivity index (χ4n) is 3.35. The first-order chi connectivity index (χ1) is 11.5. The SMILES string of the molecule is Cc1cc(C(=O)O)cc(C(=O)N2CCC(c3ccccc3)CC2)c1. The van der Waals surface area contributed by atoms with Crippen molar-refractivity contribution in [3.8, 4) is 0 Å². The van der Waals surface area contributed by atoms with E-state index in [1.54, 1.807) is 12.1 Å². The smallest absolute Gasteiger partial charge is 0.335 e. The predicted octanol–water partition coefficient (Wildman–Crippen LogP) is 3.71. The summed E-state index contributed by atoms with van der Waals surface area (Å²) in [5.74, 6) is -0.592. The number of nitrogens with zero attached hydrogens (tertiary/aromatic N) is 1. The van der Waals surface area contributed by atoms with E-state index in [1.165, 1.54) is 11.6 Å². The van der Waals surface area contributed by atoms with Gasteiger partial charge < -0.3 is 10.0 Å². The van der Waals surface area contributed by atoms with Crippen molar-refractivity contribution in [2.24, 2.45) is 0 Å². The van der Waals surface area contributed by atoms with Crippen molar-refractivity contribution < 1.29 is 14.7 Å². The highest BCUT2D eigenvalue weighted by molar-refractivity contribution is 5.97. The molecule has 2 aromatic carbocycles. The van der Waals surface area contributed by atoms with Gasteiger partial charge in [-0.25, -0.2) is 4.79 Å². The lowest BCUT2D eigenvalue weighted by Crippen LogP contribution is -2.38. The van der Waals surface area contributed by atoms with Crippen LogP contribution in [0.2, 0.25) is 0 Å². The standard InChI is InChI=1S/C20H21NO3/c1-14-11-17(13-18(12-14)20(23)24)19(22)21-9-7-16(8-10-21)15-5-3-2-4-6-15/h2-6,11-13,16H,7-10H2,1H3,(H,23,24). The van der Waals surface area contributed by atoms with Crippen LogP contribution in [-0.2, 0) is 0 Å². The first kappa shape index (κ1) is 16.2. The van der Waals surface area contributed by atoms with Crippen LogP contribution in [-0.4, -0.2) is 35.0 Å². The molecule has 4 nitrogen and oxygen atoms in total. The number of piperidine rings is 1. The van der Waals surface area contributed by atoms with Gasteiger partial charge in [-0.15, -0.1) is 0 Å². The Morgan fingerprint density at radius 2 is 1.62 bits per heavy atom. The number of carbonyl (C=O) groups is 2. The highest BCUT2D eigenvalue weighted by Gasteiger charge is 2.25. The van der Waals surface area contributed by atoms with Crippen molar-refractivity contribution in [1.29, 1.82) is 0 Å². The highest BCUT2D eigenvalue weighted by Crippen LogP contribution is 2.28. The lowest BCUT2D eigenvalue weighted by molar-refractivity contribution is 0.0696. The molecular weight excluding hydrogens is 302 g/mol. The topological polar surface area (TPSA) is 57.6 Å². The van der Waals surface area contributed by atoms with Gasteiger partial charge >= 0.3 is 5.97 Å². The minimum atomic E-state index is -1.00. The average Bonchev–Trinajstić information content (AvgIpc) is 2.61. The molecular formula is C20H21NO3. The predicted molar refractivity (Wildman–Crippen MR) is 92.5 cm³/mol. The molecule has 1 amide bonds. The van der Waals surface area contributed by atoms with Gasteiger partial charge in [0.05, 0.1) is 5.56 Å². The van der Waals surface area contributed by atoms with Gasteiger partial charge in [0.2, 0.25) is 0 Å². The van der Waals surface area contributed by atoms with E-state index in [4.69, 9.17) is 5.11 Å². The van der Waals surface area contributed by atoms with Crippen molar-refractivity contribution in [2.45, 2.75) is 25.7 Å². The number of aromatic carboxylic acids is 1. The van der Waals surface area contributed by atoms with E-state index >= 15 is 0 Å². The average molecular weight is 323 g/mol. The van der Waals surface area contributed by atoms with Gasteiger partial charge in [-0.3, -0.25) is 4.79 Å². The number of hydrogen-bond donors (Lipinski definition) is 1. The van der Waals surface area contributed by atoms with Gasteiger partial charge in [0.1, 0.15) is 0 Å². The Labute approximate surface area is 141 Å². The Bertz CT molecular complexity index is 747. The Kier molecular flexibility index (Phi) is 4.65. The summed E-state index contributed by atoms with van der Waals surface area (Å²) in [7, 11) is 0. The molecule has 0 aromatic heterocycles. The van der Waals surface area contributed by atoms with Crippen LogP contribution in [0.5, 0.6) is 0 Å². The molecule has 3 rings (SSSR count). The Morgan fingerprint density at radius 1 is 1.00 bits per heavy atom. The molecule has 0 unspecified atom stereocenters. The van der Waals surface area contributed by atoms with E-state index in [9.17, 15) is 9.59 Å². The quantitative estimate of drug-likeness (QED) is 0.936. The second-order valence-corrected chi connectivity index (χ2v) is 6.37. The van der Waals surface area contributed by atoms with Crippen molar-refractivity contribution in [3.63, 3.8) is 0 Å². The third-order valence-corrected chi connectivity index (χ3v) is 4.62. The van der Waals surface area contributed by atoms with Crippen LogP contribution in [0.1, 0.15) is 50.6 Å². The van der Waals surface area contributed by atoms with Crippen molar-refractivity contribution in [2.75, 3.05) is 13.1 Å². The summed E-state index contributed by atoms with van der Waals surface area (Å²) in [5.41, 5.74) is 2.74. The zero-order valence-corrected chi connectivity index (χ0v) is 13.7. The lowest BCUT2D eigenvalue weighted by atomic mass is 9.89. The van der Waals surface area contributed by atoms with Crippen LogP contribution in [0.25, 0.3) is 0 Å². The number of carboxylic acid groups (broad SMARTS) is 1. The maximum Gasteiger partial charge on any atom is 0.335 e. The van der Waals surface area contributed by atoms with Gasteiger partial charge in [-0.1, -0.05) is 30.3 Å². The molecule has 2 aromatic rings. The Balaban J connectivity index is 1.70. The van der Waals surface area contributed by atoms with Crippen molar-refractivity contribution in [1.82, 2.24) is 4.90 Å². The first-order valence-electron chi connectivity index (χ1n) is 8.24. The Hall–Kier alpha value is -2.62. The molecule has 1 fully saturated rings. The fourth-order valence-corrected chi connectivity index (χ4v) is 3.35. The van der Waals surface area contributed by atoms with E-state index in [-0.39, 0.29) is 11.5 Å².